The van der Waals surface area contributed by atoms with Crippen molar-refractivity contribution in [2.24, 2.45) is 28.9 Å². The van der Waals surface area contributed by atoms with E-state index in [2.05, 4.69) is 0 Å². The first kappa shape index (κ1) is 33.2. The van der Waals surface area contributed by atoms with E-state index < -0.39 is 123 Å². The monoisotopic (exact) mass is 598 g/mol. The molecule has 4 aliphatic rings. The lowest BCUT2D eigenvalue weighted by atomic mass is 9.84. The summed E-state index contributed by atoms with van der Waals surface area (Å²) in [5.74, 6) is -0.785. The summed E-state index contributed by atoms with van der Waals surface area (Å²) < 4.78 is 29.1. The minimum absolute atomic E-state index is 0.0217. The highest BCUT2D eigenvalue weighted by molar-refractivity contribution is 5.00. The van der Waals surface area contributed by atoms with Crippen molar-refractivity contribution in [3.05, 3.63) is 0 Å². The van der Waals surface area contributed by atoms with E-state index >= 15 is 0 Å². The van der Waals surface area contributed by atoms with E-state index in [9.17, 15) is 40.9 Å². The first-order valence-electron chi connectivity index (χ1n) is 14.0. The van der Waals surface area contributed by atoms with Gasteiger partial charge in [0, 0.05) is 18.5 Å². The van der Waals surface area contributed by atoms with Crippen LogP contribution in [0.5, 0.6) is 0 Å². The molecule has 1 aliphatic carbocycles. The molecule has 18 unspecified atom stereocenters. The Kier molecular flexibility index (Phi) is 11.3. The Hall–Kier alpha value is -0.680. The number of aliphatic hydroxyl groups excluding tert-OH is 8. The van der Waals surface area contributed by atoms with Crippen LogP contribution in [0.25, 0.3) is 0 Å². The third kappa shape index (κ3) is 6.71. The zero-order valence-corrected chi connectivity index (χ0v) is 22.6. The van der Waals surface area contributed by atoms with E-state index in [0.29, 0.717) is 6.42 Å². The van der Waals surface area contributed by atoms with E-state index in [-0.39, 0.29) is 19.4 Å². The summed E-state index contributed by atoms with van der Waals surface area (Å²) in [5.41, 5.74) is 23.8. The third-order valence-corrected chi connectivity index (χ3v) is 8.78. The molecule has 0 spiro atoms. The lowest BCUT2D eigenvalue weighted by Crippen LogP contribution is -2.64. The predicted octanol–water partition coefficient (Wildman–Crippen LogP) is -7.14. The molecular weight excluding hydrogens is 552 g/mol. The molecule has 3 aliphatic heterocycles. The highest BCUT2D eigenvalue weighted by atomic mass is 16.7. The molecule has 0 radical (unpaired) electrons. The summed E-state index contributed by atoms with van der Waals surface area (Å²) in [4.78, 5) is 0. The number of hydrogen-bond donors (Lipinski definition) is 12. The predicted molar refractivity (Wildman–Crippen MR) is 136 cm³/mol. The maximum Gasteiger partial charge on any atom is 0.184 e. The van der Waals surface area contributed by atoms with Crippen molar-refractivity contribution in [3.63, 3.8) is 0 Å². The number of ether oxygens (including phenoxy) is 5. The van der Waals surface area contributed by atoms with Crippen molar-refractivity contribution in [2.75, 3.05) is 19.8 Å². The minimum Gasteiger partial charge on any atom is -0.394 e. The highest BCUT2D eigenvalue weighted by Gasteiger charge is 2.52. The molecule has 4 rings (SSSR count). The molecular formula is C24H46N4O13. The Bertz CT molecular complexity index is 832. The molecule has 3 saturated heterocycles. The van der Waals surface area contributed by atoms with Gasteiger partial charge in [0.05, 0.1) is 55.8 Å². The molecule has 41 heavy (non-hydrogen) atoms. The molecule has 1 saturated carbocycles. The maximum absolute atomic E-state index is 11.2. The third-order valence-electron chi connectivity index (χ3n) is 8.78. The standard InChI is InChI=1S/C24H46N4O13/c25-4-11-18(33)20(35)14(27)10(37-11)3-7-12(5-29)39-24(16(7)31)41-22-9(2-1-8(26)17(22)32)38-23-15(28)21(36)19(34)13(6-30)40-23/h7-24,29-36H,1-6,25-28H2. The van der Waals surface area contributed by atoms with Crippen LogP contribution in [-0.4, -0.2) is 165 Å². The summed E-state index contributed by atoms with van der Waals surface area (Å²) in [6.07, 6.45) is -16.1. The zero-order valence-electron chi connectivity index (χ0n) is 22.6. The molecule has 16 N–H and O–H groups in total. The number of rotatable bonds is 9. The lowest BCUT2D eigenvalue weighted by Gasteiger charge is -2.45. The average molecular weight is 599 g/mol. The summed E-state index contributed by atoms with van der Waals surface area (Å²) in [6.45, 7) is -1.19. The van der Waals surface area contributed by atoms with Crippen LogP contribution in [0.3, 0.4) is 0 Å². The molecule has 240 valence electrons. The van der Waals surface area contributed by atoms with Crippen LogP contribution in [0.15, 0.2) is 0 Å². The minimum atomic E-state index is -1.46. The summed E-state index contributed by atoms with van der Waals surface area (Å²) in [6, 6.07) is -2.91. The Balaban J connectivity index is 1.46. The number of nitrogens with two attached hydrogens (primary N) is 4. The van der Waals surface area contributed by atoms with Crippen LogP contribution in [0.4, 0.5) is 0 Å². The normalized spacial score (nSPS) is 53.0. The van der Waals surface area contributed by atoms with Gasteiger partial charge >= 0.3 is 0 Å². The quantitative estimate of drug-likeness (QED) is 0.117. The van der Waals surface area contributed by atoms with Crippen molar-refractivity contribution < 1.29 is 64.5 Å². The Morgan fingerprint density at radius 2 is 1.22 bits per heavy atom. The zero-order chi connectivity index (χ0) is 30.2. The molecule has 4 fully saturated rings. The second kappa shape index (κ2) is 14.0. The van der Waals surface area contributed by atoms with E-state index in [1.54, 1.807) is 0 Å². The van der Waals surface area contributed by atoms with Gasteiger partial charge in [0.1, 0.15) is 42.7 Å². The summed E-state index contributed by atoms with van der Waals surface area (Å²) in [5, 5.41) is 82.5. The van der Waals surface area contributed by atoms with Gasteiger partial charge in [0.25, 0.3) is 0 Å². The van der Waals surface area contributed by atoms with E-state index in [1.165, 1.54) is 0 Å². The number of hydrogen-bond acceptors (Lipinski definition) is 17. The second-order valence-electron chi connectivity index (χ2n) is 11.4. The van der Waals surface area contributed by atoms with Crippen LogP contribution in [0.2, 0.25) is 0 Å². The van der Waals surface area contributed by atoms with Crippen LogP contribution >= 0.6 is 0 Å². The molecule has 3 heterocycles. The van der Waals surface area contributed by atoms with Crippen LogP contribution in [0, 0.1) is 5.92 Å². The van der Waals surface area contributed by atoms with Crippen molar-refractivity contribution in [3.8, 4) is 0 Å². The van der Waals surface area contributed by atoms with Crippen molar-refractivity contribution in [1.29, 1.82) is 0 Å². The molecule has 17 heteroatoms. The van der Waals surface area contributed by atoms with Gasteiger partial charge in [-0.3, -0.25) is 0 Å². The highest BCUT2D eigenvalue weighted by Crippen LogP contribution is 2.37. The van der Waals surface area contributed by atoms with Gasteiger partial charge < -0.3 is 87.5 Å². The fraction of sp³-hybridized carbons (Fsp3) is 1.00. The number of aliphatic hydroxyl groups is 8. The van der Waals surface area contributed by atoms with Gasteiger partial charge in [-0.15, -0.1) is 0 Å². The van der Waals surface area contributed by atoms with E-state index in [1.807, 2.05) is 0 Å². The molecule has 0 bridgehead atoms. The van der Waals surface area contributed by atoms with Gasteiger partial charge in [-0.1, -0.05) is 0 Å². The molecule has 0 aromatic carbocycles. The smallest absolute Gasteiger partial charge is 0.184 e. The summed E-state index contributed by atoms with van der Waals surface area (Å²) in [7, 11) is 0. The fourth-order valence-corrected chi connectivity index (χ4v) is 6.12. The van der Waals surface area contributed by atoms with Gasteiger partial charge in [-0.25, -0.2) is 0 Å². The Morgan fingerprint density at radius 3 is 1.85 bits per heavy atom. The molecule has 0 aromatic heterocycles. The van der Waals surface area contributed by atoms with Gasteiger partial charge in [0.15, 0.2) is 12.6 Å². The van der Waals surface area contributed by atoms with Crippen molar-refractivity contribution >= 4 is 0 Å². The molecule has 18 atom stereocenters. The van der Waals surface area contributed by atoms with Gasteiger partial charge in [-0.2, -0.15) is 0 Å². The van der Waals surface area contributed by atoms with Crippen molar-refractivity contribution in [1.82, 2.24) is 0 Å². The SMILES string of the molecule is NCC1OC(CC2C(CO)OC(OC3C(OC4OC(CO)C(O)C(O)C4N)CCC(N)C3O)C2O)C(N)C(O)C1O. The molecule has 0 aromatic rings. The second-order valence-corrected chi connectivity index (χ2v) is 11.4. The largest absolute Gasteiger partial charge is 0.394 e. The van der Waals surface area contributed by atoms with Gasteiger partial charge in [-0.05, 0) is 19.3 Å². The first-order chi connectivity index (χ1) is 19.4. The van der Waals surface area contributed by atoms with Gasteiger partial charge in [0.2, 0.25) is 0 Å². The fourth-order valence-electron chi connectivity index (χ4n) is 6.12. The maximum atomic E-state index is 11.2. The Morgan fingerprint density at radius 1 is 0.610 bits per heavy atom. The van der Waals surface area contributed by atoms with Crippen LogP contribution in [-0.2, 0) is 23.7 Å². The first-order valence-corrected chi connectivity index (χ1v) is 14.0. The Labute approximate surface area is 236 Å². The topological polar surface area (TPSA) is 312 Å². The van der Waals surface area contributed by atoms with E-state index in [0.717, 1.165) is 0 Å². The van der Waals surface area contributed by atoms with E-state index in [4.69, 9.17) is 46.6 Å². The molecule has 17 nitrogen and oxygen atoms in total. The average Bonchev–Trinajstić information content (AvgIpc) is 3.26. The van der Waals surface area contributed by atoms with Crippen LogP contribution in [0.1, 0.15) is 19.3 Å². The molecule has 0 amide bonds. The van der Waals surface area contributed by atoms with Crippen molar-refractivity contribution in [2.45, 2.75) is 123 Å². The summed E-state index contributed by atoms with van der Waals surface area (Å²) >= 11 is 0. The lowest BCUT2D eigenvalue weighted by molar-refractivity contribution is -0.308. The van der Waals surface area contributed by atoms with Crippen LogP contribution < -0.4 is 22.9 Å².